The Morgan fingerprint density at radius 3 is 2.41 bits per heavy atom. The number of ether oxygens (including phenoxy) is 2. The number of nitrogens with one attached hydrogen (secondary N) is 1. The Kier molecular flexibility index (Phi) is 8.80. The lowest BCUT2D eigenvalue weighted by molar-refractivity contribution is -0.124. The van der Waals surface area contributed by atoms with Gasteiger partial charge in [0.2, 0.25) is 5.91 Å². The average Bonchev–Trinajstić information content (AvgIpc) is 3.12. The second kappa shape index (κ2) is 12.2. The highest BCUT2D eigenvalue weighted by Crippen LogP contribution is 2.28. The van der Waals surface area contributed by atoms with Crippen LogP contribution in [0.3, 0.4) is 0 Å². The first kappa shape index (κ1) is 26.6. The van der Waals surface area contributed by atoms with Crippen LogP contribution in [0, 0.1) is 5.82 Å². The molecule has 1 N–H and O–H groups in total. The Morgan fingerprint density at radius 1 is 1.08 bits per heavy atom. The van der Waals surface area contributed by atoms with Crippen molar-refractivity contribution in [1.29, 1.82) is 0 Å². The fourth-order valence-electron chi connectivity index (χ4n) is 4.28. The van der Waals surface area contributed by atoms with Crippen LogP contribution in [0.4, 0.5) is 15.8 Å². The SMILES string of the molecule is CCOC(=O)c1ccc(NC(=O)C[C@H]2C(=O)N(c3ccc(F)cc3)C(=S)N2CCN2CCOCC2)cc1. The molecular weight excluding hydrogens is 499 g/mol. The molecule has 0 bridgehead atoms. The van der Waals surface area contributed by atoms with Gasteiger partial charge in [0, 0.05) is 31.9 Å². The van der Waals surface area contributed by atoms with Crippen molar-refractivity contribution >= 4 is 46.5 Å². The predicted octanol–water partition coefficient (Wildman–Crippen LogP) is 2.67. The lowest BCUT2D eigenvalue weighted by atomic mass is 10.1. The molecule has 11 heteroatoms. The number of rotatable bonds is 9. The maximum Gasteiger partial charge on any atom is 0.338 e. The van der Waals surface area contributed by atoms with E-state index in [-0.39, 0.29) is 30.0 Å². The van der Waals surface area contributed by atoms with Gasteiger partial charge < -0.3 is 19.7 Å². The van der Waals surface area contributed by atoms with Crippen molar-refractivity contribution in [1.82, 2.24) is 9.80 Å². The van der Waals surface area contributed by atoms with Crippen molar-refractivity contribution in [3.63, 3.8) is 0 Å². The molecule has 196 valence electrons. The number of halogens is 1. The van der Waals surface area contributed by atoms with Crippen LogP contribution in [-0.4, -0.2) is 84.7 Å². The number of nitrogens with zero attached hydrogens (tertiary/aromatic N) is 3. The van der Waals surface area contributed by atoms with Gasteiger partial charge in [0.1, 0.15) is 11.9 Å². The summed E-state index contributed by atoms with van der Waals surface area (Å²) in [6, 6.07) is 11.0. The molecule has 1 atom stereocenters. The summed E-state index contributed by atoms with van der Waals surface area (Å²) in [7, 11) is 0. The standard InChI is InChI=1S/C26H29FN4O5S/c1-2-36-25(34)18-3-7-20(8-4-18)28-23(32)17-22-24(33)31(21-9-5-19(27)6-10-21)26(37)30(22)12-11-29-13-15-35-16-14-29/h3-10,22H,2,11-17H2,1H3,(H,28,32)/t22-/m0/s1. The highest BCUT2D eigenvalue weighted by atomic mass is 32.1. The number of anilines is 2. The lowest BCUT2D eigenvalue weighted by Gasteiger charge is -2.30. The summed E-state index contributed by atoms with van der Waals surface area (Å²) in [5.41, 5.74) is 1.31. The zero-order valence-electron chi connectivity index (χ0n) is 20.5. The molecule has 2 aromatic rings. The number of hydrogen-bond acceptors (Lipinski definition) is 7. The van der Waals surface area contributed by atoms with E-state index in [1.54, 1.807) is 36.1 Å². The van der Waals surface area contributed by atoms with Crippen LogP contribution < -0.4 is 10.2 Å². The minimum atomic E-state index is -0.808. The summed E-state index contributed by atoms with van der Waals surface area (Å²) in [6.07, 6.45) is -0.126. The van der Waals surface area contributed by atoms with E-state index >= 15 is 0 Å². The normalized spacial score (nSPS) is 18.3. The molecule has 4 rings (SSSR count). The Hall–Kier alpha value is -3.41. The second-order valence-corrected chi connectivity index (χ2v) is 9.01. The minimum Gasteiger partial charge on any atom is -0.462 e. The highest BCUT2D eigenvalue weighted by molar-refractivity contribution is 7.80. The molecule has 0 saturated carbocycles. The molecule has 37 heavy (non-hydrogen) atoms. The number of carbonyl (C=O) groups excluding carboxylic acids is 3. The average molecular weight is 529 g/mol. The third kappa shape index (κ3) is 6.48. The number of esters is 1. The first-order chi connectivity index (χ1) is 17.9. The molecule has 2 heterocycles. The fourth-order valence-corrected chi connectivity index (χ4v) is 4.69. The van der Waals surface area contributed by atoms with Gasteiger partial charge >= 0.3 is 5.97 Å². The molecule has 2 aliphatic rings. The van der Waals surface area contributed by atoms with Crippen molar-refractivity contribution in [2.24, 2.45) is 0 Å². The molecule has 0 unspecified atom stereocenters. The van der Waals surface area contributed by atoms with Crippen LogP contribution >= 0.6 is 12.2 Å². The molecule has 2 amide bonds. The molecule has 0 radical (unpaired) electrons. The number of morpholine rings is 1. The summed E-state index contributed by atoms with van der Waals surface area (Å²) in [5, 5.41) is 3.06. The number of amides is 2. The van der Waals surface area contributed by atoms with Crippen molar-refractivity contribution < 1.29 is 28.2 Å². The number of carbonyl (C=O) groups is 3. The topological polar surface area (TPSA) is 91.4 Å². The molecular formula is C26H29FN4O5S. The van der Waals surface area contributed by atoms with E-state index < -0.39 is 17.8 Å². The Bertz CT molecular complexity index is 1140. The van der Waals surface area contributed by atoms with E-state index in [9.17, 15) is 18.8 Å². The van der Waals surface area contributed by atoms with Gasteiger partial charge in [-0.05, 0) is 67.7 Å². The Morgan fingerprint density at radius 2 is 1.76 bits per heavy atom. The van der Waals surface area contributed by atoms with E-state index in [0.29, 0.717) is 43.2 Å². The first-order valence-electron chi connectivity index (χ1n) is 12.1. The van der Waals surface area contributed by atoms with Crippen LogP contribution in [0.15, 0.2) is 48.5 Å². The molecule has 0 aromatic heterocycles. The summed E-state index contributed by atoms with van der Waals surface area (Å²) >= 11 is 5.66. The number of thiocarbonyl (C=S) groups is 1. The molecule has 0 spiro atoms. The van der Waals surface area contributed by atoms with Gasteiger partial charge in [-0.1, -0.05) is 0 Å². The second-order valence-electron chi connectivity index (χ2n) is 8.65. The zero-order chi connectivity index (χ0) is 26.4. The van der Waals surface area contributed by atoms with Gasteiger partial charge in [-0.15, -0.1) is 0 Å². The fraction of sp³-hybridized carbons (Fsp3) is 0.385. The van der Waals surface area contributed by atoms with Crippen molar-refractivity contribution in [3.05, 3.63) is 59.9 Å². The summed E-state index contributed by atoms with van der Waals surface area (Å²) < 4.78 is 23.9. The summed E-state index contributed by atoms with van der Waals surface area (Å²) in [5.74, 6) is -1.58. The van der Waals surface area contributed by atoms with Crippen molar-refractivity contribution in [2.75, 3.05) is 56.2 Å². The quantitative estimate of drug-likeness (QED) is 0.393. The van der Waals surface area contributed by atoms with E-state index in [1.165, 1.54) is 29.2 Å². The zero-order valence-corrected chi connectivity index (χ0v) is 21.3. The monoisotopic (exact) mass is 528 g/mol. The molecule has 9 nitrogen and oxygen atoms in total. The summed E-state index contributed by atoms with van der Waals surface area (Å²) in [4.78, 5) is 43.6. The van der Waals surface area contributed by atoms with Crippen LogP contribution in [0.25, 0.3) is 0 Å². The highest BCUT2D eigenvalue weighted by Gasteiger charge is 2.44. The Balaban J connectivity index is 1.47. The van der Waals surface area contributed by atoms with Crippen LogP contribution in [0.2, 0.25) is 0 Å². The van der Waals surface area contributed by atoms with Gasteiger partial charge in [-0.3, -0.25) is 19.4 Å². The van der Waals surface area contributed by atoms with Crippen LogP contribution in [0.5, 0.6) is 0 Å². The van der Waals surface area contributed by atoms with E-state index in [4.69, 9.17) is 21.7 Å². The van der Waals surface area contributed by atoms with Crippen LogP contribution in [-0.2, 0) is 19.1 Å². The minimum absolute atomic E-state index is 0.126. The van der Waals surface area contributed by atoms with Gasteiger partial charge in [0.15, 0.2) is 5.11 Å². The van der Waals surface area contributed by atoms with Gasteiger partial charge in [0.05, 0.1) is 37.5 Å². The predicted molar refractivity (Wildman–Crippen MR) is 140 cm³/mol. The van der Waals surface area contributed by atoms with E-state index in [2.05, 4.69) is 10.2 Å². The van der Waals surface area contributed by atoms with Crippen molar-refractivity contribution in [3.8, 4) is 0 Å². The van der Waals surface area contributed by atoms with Gasteiger partial charge in [-0.2, -0.15) is 0 Å². The summed E-state index contributed by atoms with van der Waals surface area (Å²) in [6.45, 7) is 5.95. The van der Waals surface area contributed by atoms with E-state index in [0.717, 1.165) is 13.1 Å². The largest absolute Gasteiger partial charge is 0.462 e. The van der Waals surface area contributed by atoms with Gasteiger partial charge in [-0.25, -0.2) is 9.18 Å². The van der Waals surface area contributed by atoms with Crippen molar-refractivity contribution in [2.45, 2.75) is 19.4 Å². The molecule has 2 fully saturated rings. The smallest absolute Gasteiger partial charge is 0.338 e. The third-order valence-electron chi connectivity index (χ3n) is 6.22. The third-order valence-corrected chi connectivity index (χ3v) is 6.64. The number of hydrogen-bond donors (Lipinski definition) is 1. The molecule has 2 aromatic carbocycles. The molecule has 2 saturated heterocycles. The number of benzene rings is 2. The Labute approximate surface area is 220 Å². The molecule has 2 aliphatic heterocycles. The van der Waals surface area contributed by atoms with E-state index in [1.807, 2.05) is 0 Å². The lowest BCUT2D eigenvalue weighted by Crippen LogP contribution is -2.45. The maximum absolute atomic E-state index is 13.5. The first-order valence-corrected chi connectivity index (χ1v) is 12.6. The molecule has 0 aliphatic carbocycles. The maximum atomic E-state index is 13.5. The van der Waals surface area contributed by atoms with Gasteiger partial charge in [0.25, 0.3) is 5.91 Å². The van der Waals surface area contributed by atoms with Crippen LogP contribution in [0.1, 0.15) is 23.7 Å².